The van der Waals surface area contributed by atoms with Crippen LogP contribution >= 0.6 is 0 Å². The number of carbonyl (C=O) groups is 2. The zero-order chi connectivity index (χ0) is 19.0. The number of ether oxygens (including phenoxy) is 1. The van der Waals surface area contributed by atoms with Crippen molar-refractivity contribution in [2.24, 2.45) is 0 Å². The number of benzene rings is 2. The van der Waals surface area contributed by atoms with Gasteiger partial charge in [0, 0.05) is 22.0 Å². The maximum absolute atomic E-state index is 12.3. The Bertz CT molecular complexity index is 1080. The van der Waals surface area contributed by atoms with Crippen molar-refractivity contribution >= 4 is 28.4 Å². The molecule has 3 aromatic rings. The second-order valence-electron chi connectivity index (χ2n) is 6.61. The van der Waals surface area contributed by atoms with Crippen LogP contribution in [0.25, 0.3) is 27.7 Å². The molecular weight excluding hydrogens is 342 g/mol. The molecule has 5 heteroatoms. The molecule has 0 unspecified atom stereocenters. The van der Waals surface area contributed by atoms with Crippen molar-refractivity contribution in [3.8, 4) is 11.3 Å². The number of fused-ring (bicyclic) bond motifs is 1. The maximum atomic E-state index is 12.3. The summed E-state index contributed by atoms with van der Waals surface area (Å²) in [4.78, 5) is 27.0. The molecular formula is C22H19NO4. The number of allylic oxidation sites excluding steroid dienone is 1. The first kappa shape index (κ1) is 17.1. The number of methoxy groups -OCH3 is 1. The van der Waals surface area contributed by atoms with E-state index in [4.69, 9.17) is 4.74 Å². The number of aromatic amines is 1. The molecule has 2 N–H and O–H groups in total. The van der Waals surface area contributed by atoms with E-state index in [9.17, 15) is 14.7 Å². The fraction of sp³-hybridized carbons (Fsp3) is 0.182. The SMILES string of the molecule is COC(=O)C1=C(c2c(-c3ccccc3)[nH]c3cc(C(=O)O)ccc23)CCC1. The van der Waals surface area contributed by atoms with Crippen LogP contribution in [0.4, 0.5) is 0 Å². The summed E-state index contributed by atoms with van der Waals surface area (Å²) in [6.45, 7) is 0. The van der Waals surface area contributed by atoms with E-state index >= 15 is 0 Å². The molecule has 27 heavy (non-hydrogen) atoms. The van der Waals surface area contributed by atoms with E-state index in [1.54, 1.807) is 12.1 Å². The van der Waals surface area contributed by atoms with Crippen LogP contribution < -0.4 is 0 Å². The molecule has 0 fully saturated rings. The van der Waals surface area contributed by atoms with Crippen molar-refractivity contribution in [1.82, 2.24) is 4.98 Å². The summed E-state index contributed by atoms with van der Waals surface area (Å²) in [5.74, 6) is -1.26. The van der Waals surface area contributed by atoms with Gasteiger partial charge in [-0.15, -0.1) is 0 Å². The van der Waals surface area contributed by atoms with E-state index in [-0.39, 0.29) is 11.5 Å². The number of rotatable bonds is 4. The summed E-state index contributed by atoms with van der Waals surface area (Å²) in [6.07, 6.45) is 2.38. The average molecular weight is 361 g/mol. The third kappa shape index (κ3) is 2.91. The van der Waals surface area contributed by atoms with Gasteiger partial charge in [0.2, 0.25) is 0 Å². The van der Waals surface area contributed by atoms with E-state index < -0.39 is 5.97 Å². The maximum Gasteiger partial charge on any atom is 0.335 e. The molecule has 0 saturated heterocycles. The van der Waals surface area contributed by atoms with Crippen LogP contribution in [0.5, 0.6) is 0 Å². The summed E-state index contributed by atoms with van der Waals surface area (Å²) in [6, 6.07) is 14.9. The summed E-state index contributed by atoms with van der Waals surface area (Å²) in [7, 11) is 1.40. The average Bonchev–Trinajstić information content (AvgIpc) is 3.31. The summed E-state index contributed by atoms with van der Waals surface area (Å²) in [5, 5.41) is 10.2. The van der Waals surface area contributed by atoms with Gasteiger partial charge in [0.05, 0.1) is 18.4 Å². The van der Waals surface area contributed by atoms with Crippen molar-refractivity contribution in [2.45, 2.75) is 19.3 Å². The van der Waals surface area contributed by atoms with Crippen molar-refractivity contribution < 1.29 is 19.4 Å². The second kappa shape index (κ2) is 6.76. The van der Waals surface area contributed by atoms with Crippen LogP contribution in [0.15, 0.2) is 54.1 Å². The Kier molecular flexibility index (Phi) is 4.28. The Labute approximate surface area is 156 Å². The number of hydrogen-bond donors (Lipinski definition) is 2. The van der Waals surface area contributed by atoms with E-state index in [2.05, 4.69) is 4.98 Å². The van der Waals surface area contributed by atoms with Gasteiger partial charge in [-0.25, -0.2) is 9.59 Å². The lowest BCUT2D eigenvalue weighted by molar-refractivity contribution is -0.136. The van der Waals surface area contributed by atoms with Gasteiger partial charge in [0.25, 0.3) is 0 Å². The van der Waals surface area contributed by atoms with E-state index in [1.807, 2.05) is 36.4 Å². The number of H-pyrrole nitrogens is 1. The van der Waals surface area contributed by atoms with E-state index in [0.717, 1.165) is 46.1 Å². The lowest BCUT2D eigenvalue weighted by Crippen LogP contribution is -2.04. The number of nitrogens with one attached hydrogen (secondary N) is 1. The first-order valence-corrected chi connectivity index (χ1v) is 8.85. The Morgan fingerprint density at radius 2 is 1.85 bits per heavy atom. The number of carboxylic acid groups (broad SMARTS) is 1. The fourth-order valence-corrected chi connectivity index (χ4v) is 3.83. The number of carbonyl (C=O) groups excluding carboxylic acids is 1. The highest BCUT2D eigenvalue weighted by molar-refractivity contribution is 6.08. The van der Waals surface area contributed by atoms with Gasteiger partial charge in [-0.1, -0.05) is 36.4 Å². The molecule has 0 bridgehead atoms. The van der Waals surface area contributed by atoms with Crippen LogP contribution in [0, 0.1) is 0 Å². The van der Waals surface area contributed by atoms with Gasteiger partial charge >= 0.3 is 11.9 Å². The Morgan fingerprint density at radius 1 is 1.07 bits per heavy atom. The van der Waals surface area contributed by atoms with Gasteiger partial charge in [-0.05, 0) is 42.5 Å². The van der Waals surface area contributed by atoms with Gasteiger partial charge in [-0.2, -0.15) is 0 Å². The zero-order valence-corrected chi connectivity index (χ0v) is 14.9. The molecule has 0 saturated carbocycles. The van der Waals surface area contributed by atoms with Crippen molar-refractivity contribution in [3.63, 3.8) is 0 Å². The smallest absolute Gasteiger partial charge is 0.335 e. The van der Waals surface area contributed by atoms with Crippen molar-refractivity contribution in [2.75, 3.05) is 7.11 Å². The number of aromatic nitrogens is 1. The van der Waals surface area contributed by atoms with Crippen molar-refractivity contribution in [1.29, 1.82) is 0 Å². The number of carboxylic acids is 1. The molecule has 0 spiro atoms. The highest BCUT2D eigenvalue weighted by Gasteiger charge is 2.27. The predicted octanol–water partition coefficient (Wildman–Crippen LogP) is 4.64. The molecule has 4 rings (SSSR count). The predicted molar refractivity (Wildman–Crippen MR) is 103 cm³/mol. The molecule has 2 aromatic carbocycles. The van der Waals surface area contributed by atoms with Crippen LogP contribution in [0.1, 0.15) is 35.2 Å². The fourth-order valence-electron chi connectivity index (χ4n) is 3.83. The topological polar surface area (TPSA) is 79.4 Å². The molecule has 0 aliphatic heterocycles. The molecule has 0 amide bonds. The van der Waals surface area contributed by atoms with Crippen LogP contribution in [-0.4, -0.2) is 29.1 Å². The van der Waals surface area contributed by atoms with E-state index in [1.165, 1.54) is 7.11 Å². The van der Waals surface area contributed by atoms with Gasteiger partial charge < -0.3 is 14.8 Å². The van der Waals surface area contributed by atoms with Crippen LogP contribution in [-0.2, 0) is 9.53 Å². The standard InChI is InChI=1S/C22H19NO4/c1-27-22(26)16-9-5-8-15(16)19-17-11-10-14(21(24)25)12-18(17)23-20(19)13-6-3-2-4-7-13/h2-4,6-7,10-12,23H,5,8-9H2,1H3,(H,24,25). The second-order valence-corrected chi connectivity index (χ2v) is 6.61. The quantitative estimate of drug-likeness (QED) is 0.663. The minimum absolute atomic E-state index is 0.225. The highest BCUT2D eigenvalue weighted by atomic mass is 16.5. The molecule has 5 nitrogen and oxygen atoms in total. The van der Waals surface area contributed by atoms with Gasteiger partial charge in [0.15, 0.2) is 0 Å². The lowest BCUT2D eigenvalue weighted by Gasteiger charge is -2.09. The minimum Gasteiger partial charge on any atom is -0.478 e. The number of esters is 1. The summed E-state index contributed by atoms with van der Waals surface area (Å²) >= 11 is 0. The molecule has 0 radical (unpaired) electrons. The molecule has 1 aliphatic rings. The van der Waals surface area contributed by atoms with Gasteiger partial charge in [0.1, 0.15) is 0 Å². The number of hydrogen-bond acceptors (Lipinski definition) is 3. The van der Waals surface area contributed by atoms with Crippen LogP contribution in [0.2, 0.25) is 0 Å². The first-order chi connectivity index (χ1) is 13.1. The Hall–Kier alpha value is -3.34. The van der Waals surface area contributed by atoms with E-state index in [0.29, 0.717) is 12.0 Å². The molecule has 1 heterocycles. The monoisotopic (exact) mass is 361 g/mol. The Morgan fingerprint density at radius 3 is 2.56 bits per heavy atom. The summed E-state index contributed by atoms with van der Waals surface area (Å²) < 4.78 is 4.99. The molecule has 136 valence electrons. The number of aromatic carboxylic acids is 1. The van der Waals surface area contributed by atoms with Crippen LogP contribution in [0.3, 0.4) is 0 Å². The molecule has 1 aromatic heterocycles. The normalized spacial score (nSPS) is 14.0. The first-order valence-electron chi connectivity index (χ1n) is 8.85. The minimum atomic E-state index is -0.968. The highest BCUT2D eigenvalue weighted by Crippen LogP contribution is 2.43. The third-order valence-electron chi connectivity index (χ3n) is 5.06. The Balaban J connectivity index is 2.02. The molecule has 0 atom stereocenters. The zero-order valence-electron chi connectivity index (χ0n) is 14.9. The summed E-state index contributed by atoms with van der Waals surface area (Å²) in [5.41, 5.74) is 5.51. The van der Waals surface area contributed by atoms with Gasteiger partial charge in [-0.3, -0.25) is 0 Å². The third-order valence-corrected chi connectivity index (χ3v) is 5.06. The molecule has 1 aliphatic carbocycles. The lowest BCUT2D eigenvalue weighted by atomic mass is 9.95. The van der Waals surface area contributed by atoms with Crippen molar-refractivity contribution in [3.05, 3.63) is 65.2 Å². The largest absolute Gasteiger partial charge is 0.478 e.